The van der Waals surface area contributed by atoms with Gasteiger partial charge in [0.2, 0.25) is 10.0 Å². The zero-order valence-corrected chi connectivity index (χ0v) is 13.6. The summed E-state index contributed by atoms with van der Waals surface area (Å²) in [7, 11) is -3.92. The highest BCUT2D eigenvalue weighted by Crippen LogP contribution is 2.20. The largest absolute Gasteiger partial charge is 0.289 e. The number of carbonyl (C=O) groups is 1. The van der Waals surface area contributed by atoms with Crippen molar-refractivity contribution in [1.29, 1.82) is 0 Å². The standard InChI is InChI=1S/C15H15ClN2O4S/c16-13-6-8-14(9-7-13)23(21,22)18(11-15(19)17-20)10-12-4-2-1-3-5-12/h1-9,20H,10-11H2,(H,17,19). The maximum absolute atomic E-state index is 12.7. The Kier molecular flexibility index (Phi) is 5.73. The summed E-state index contributed by atoms with van der Waals surface area (Å²) < 4.78 is 26.4. The van der Waals surface area contributed by atoms with Crippen LogP contribution in [0.5, 0.6) is 0 Å². The maximum atomic E-state index is 12.7. The molecule has 0 bridgehead atoms. The molecule has 2 N–H and O–H groups in total. The summed E-state index contributed by atoms with van der Waals surface area (Å²) in [4.78, 5) is 11.5. The van der Waals surface area contributed by atoms with Crippen molar-refractivity contribution in [2.45, 2.75) is 11.4 Å². The summed E-state index contributed by atoms with van der Waals surface area (Å²) in [5.41, 5.74) is 2.17. The van der Waals surface area contributed by atoms with E-state index in [1.54, 1.807) is 24.3 Å². The number of benzene rings is 2. The van der Waals surface area contributed by atoms with Crippen molar-refractivity contribution in [1.82, 2.24) is 9.79 Å². The molecule has 23 heavy (non-hydrogen) atoms. The molecule has 0 aromatic heterocycles. The molecule has 0 aliphatic heterocycles. The Morgan fingerprint density at radius 2 is 1.70 bits per heavy atom. The Hall–Kier alpha value is -1.93. The number of amides is 1. The quantitative estimate of drug-likeness (QED) is 0.614. The second-order valence-electron chi connectivity index (χ2n) is 4.75. The lowest BCUT2D eigenvalue weighted by Crippen LogP contribution is -2.39. The molecule has 0 atom stereocenters. The molecule has 0 fully saturated rings. The van der Waals surface area contributed by atoms with Gasteiger partial charge in [0.25, 0.3) is 5.91 Å². The SMILES string of the molecule is O=C(CN(Cc1ccccc1)S(=O)(=O)c1ccc(Cl)cc1)NO. The van der Waals surface area contributed by atoms with E-state index < -0.39 is 22.5 Å². The summed E-state index contributed by atoms with van der Waals surface area (Å²) in [6.45, 7) is -0.504. The van der Waals surface area contributed by atoms with E-state index in [2.05, 4.69) is 0 Å². The minimum Gasteiger partial charge on any atom is -0.289 e. The molecule has 0 saturated carbocycles. The fourth-order valence-electron chi connectivity index (χ4n) is 1.96. The summed E-state index contributed by atoms with van der Waals surface area (Å²) >= 11 is 5.77. The molecule has 0 heterocycles. The molecule has 0 saturated heterocycles. The van der Waals surface area contributed by atoms with Gasteiger partial charge in [0.1, 0.15) is 0 Å². The van der Waals surface area contributed by atoms with Crippen LogP contribution in [0.25, 0.3) is 0 Å². The van der Waals surface area contributed by atoms with Crippen molar-refractivity contribution in [3.05, 3.63) is 65.2 Å². The fourth-order valence-corrected chi connectivity index (χ4v) is 3.47. The van der Waals surface area contributed by atoms with Crippen LogP contribution in [-0.4, -0.2) is 30.4 Å². The van der Waals surface area contributed by atoms with Crippen LogP contribution in [0, 0.1) is 0 Å². The highest BCUT2D eigenvalue weighted by molar-refractivity contribution is 7.89. The van der Waals surface area contributed by atoms with E-state index in [0.717, 1.165) is 9.87 Å². The zero-order chi connectivity index (χ0) is 16.9. The van der Waals surface area contributed by atoms with Gasteiger partial charge in [-0.3, -0.25) is 10.0 Å². The van der Waals surface area contributed by atoms with Gasteiger partial charge in [-0.25, -0.2) is 13.9 Å². The number of halogens is 1. The van der Waals surface area contributed by atoms with Crippen LogP contribution in [0.4, 0.5) is 0 Å². The van der Waals surface area contributed by atoms with E-state index in [9.17, 15) is 13.2 Å². The molecule has 0 radical (unpaired) electrons. The van der Waals surface area contributed by atoms with Gasteiger partial charge >= 0.3 is 0 Å². The van der Waals surface area contributed by atoms with Crippen LogP contribution in [0.2, 0.25) is 5.02 Å². The Morgan fingerprint density at radius 3 is 2.26 bits per heavy atom. The Balaban J connectivity index is 2.35. The topological polar surface area (TPSA) is 86.7 Å². The molecule has 0 unspecified atom stereocenters. The molecule has 8 heteroatoms. The highest BCUT2D eigenvalue weighted by atomic mass is 35.5. The zero-order valence-electron chi connectivity index (χ0n) is 12.0. The fraction of sp³-hybridized carbons (Fsp3) is 0.133. The second-order valence-corrected chi connectivity index (χ2v) is 7.12. The van der Waals surface area contributed by atoms with Crippen LogP contribution in [0.15, 0.2) is 59.5 Å². The van der Waals surface area contributed by atoms with Crippen molar-refractivity contribution in [2.24, 2.45) is 0 Å². The summed E-state index contributed by atoms with van der Waals surface area (Å²) in [6, 6.07) is 14.5. The first kappa shape index (κ1) is 17.4. The molecule has 6 nitrogen and oxygen atoms in total. The predicted octanol–water partition coefficient (Wildman–Crippen LogP) is 2.04. The first-order valence-electron chi connectivity index (χ1n) is 6.66. The van der Waals surface area contributed by atoms with E-state index in [4.69, 9.17) is 16.8 Å². The molecule has 0 spiro atoms. The molecule has 0 aliphatic rings. The van der Waals surface area contributed by atoms with Crippen molar-refractivity contribution < 1.29 is 18.4 Å². The van der Waals surface area contributed by atoms with Crippen LogP contribution in [0.3, 0.4) is 0 Å². The van der Waals surface area contributed by atoms with Crippen molar-refractivity contribution in [3.63, 3.8) is 0 Å². The van der Waals surface area contributed by atoms with E-state index in [1.165, 1.54) is 29.7 Å². The monoisotopic (exact) mass is 354 g/mol. The first-order chi connectivity index (χ1) is 10.9. The minimum absolute atomic E-state index is 0.000774. The first-order valence-corrected chi connectivity index (χ1v) is 8.48. The molecule has 2 rings (SSSR count). The highest BCUT2D eigenvalue weighted by Gasteiger charge is 2.26. The van der Waals surface area contributed by atoms with Crippen molar-refractivity contribution >= 4 is 27.5 Å². The molecule has 2 aromatic rings. The average molecular weight is 355 g/mol. The van der Waals surface area contributed by atoms with E-state index in [1.807, 2.05) is 6.07 Å². The van der Waals surface area contributed by atoms with Crippen molar-refractivity contribution in [3.8, 4) is 0 Å². The van der Waals surface area contributed by atoms with Gasteiger partial charge in [0.15, 0.2) is 0 Å². The molecule has 1 amide bonds. The van der Waals surface area contributed by atoms with Gasteiger partial charge < -0.3 is 0 Å². The molecule has 122 valence electrons. The van der Waals surface area contributed by atoms with Crippen molar-refractivity contribution in [2.75, 3.05) is 6.54 Å². The third-order valence-electron chi connectivity index (χ3n) is 3.10. The number of hydroxylamine groups is 1. The summed E-state index contributed by atoms with van der Waals surface area (Å²) in [6.07, 6.45) is 0. The number of hydrogen-bond donors (Lipinski definition) is 2. The van der Waals surface area contributed by atoms with Gasteiger partial charge in [0.05, 0.1) is 11.4 Å². The number of rotatable bonds is 6. The summed E-state index contributed by atoms with van der Waals surface area (Å²) in [5.74, 6) is -0.821. The van der Waals surface area contributed by atoms with Crippen LogP contribution < -0.4 is 5.48 Å². The van der Waals surface area contributed by atoms with Gasteiger partial charge in [-0.2, -0.15) is 4.31 Å². The smallest absolute Gasteiger partial charge is 0.258 e. The van der Waals surface area contributed by atoms with Crippen LogP contribution >= 0.6 is 11.6 Å². The number of hydrogen-bond acceptors (Lipinski definition) is 4. The molecule has 0 aliphatic carbocycles. The number of nitrogens with one attached hydrogen (secondary N) is 1. The van der Waals surface area contributed by atoms with Gasteiger partial charge in [-0.15, -0.1) is 0 Å². The average Bonchev–Trinajstić information content (AvgIpc) is 2.55. The van der Waals surface area contributed by atoms with E-state index >= 15 is 0 Å². The lowest BCUT2D eigenvalue weighted by molar-refractivity contribution is -0.129. The number of carbonyl (C=O) groups excluding carboxylic acids is 1. The van der Waals surface area contributed by atoms with Gasteiger partial charge in [-0.05, 0) is 29.8 Å². The molecular weight excluding hydrogens is 340 g/mol. The normalized spacial score (nSPS) is 11.4. The van der Waals surface area contributed by atoms with Gasteiger partial charge in [-0.1, -0.05) is 41.9 Å². The Morgan fingerprint density at radius 1 is 1.09 bits per heavy atom. The van der Waals surface area contributed by atoms with Crippen LogP contribution in [0.1, 0.15) is 5.56 Å². The third kappa shape index (κ3) is 4.52. The third-order valence-corrected chi connectivity index (χ3v) is 5.16. The van der Waals surface area contributed by atoms with Gasteiger partial charge in [0, 0.05) is 11.6 Å². The Bertz CT molecular complexity index is 764. The predicted molar refractivity (Wildman–Crippen MR) is 85.4 cm³/mol. The number of sulfonamides is 1. The Labute approximate surface area is 139 Å². The lowest BCUT2D eigenvalue weighted by atomic mass is 10.2. The minimum atomic E-state index is -3.92. The van der Waals surface area contributed by atoms with Crippen LogP contribution in [-0.2, 0) is 21.4 Å². The van der Waals surface area contributed by atoms with E-state index in [0.29, 0.717) is 5.02 Å². The van der Waals surface area contributed by atoms with E-state index in [-0.39, 0.29) is 11.4 Å². The second kappa shape index (κ2) is 7.56. The lowest BCUT2D eigenvalue weighted by Gasteiger charge is -2.21. The maximum Gasteiger partial charge on any atom is 0.258 e. The number of nitrogens with zero attached hydrogens (tertiary/aromatic N) is 1. The summed E-state index contributed by atoms with van der Waals surface area (Å²) in [5, 5.41) is 9.09. The molecule has 2 aromatic carbocycles. The molecular formula is C15H15ClN2O4S.